The highest BCUT2D eigenvalue weighted by Crippen LogP contribution is 2.14. The average molecular weight is 413 g/mol. The zero-order chi connectivity index (χ0) is 22.1. The van der Waals surface area contributed by atoms with Crippen LogP contribution in [0.3, 0.4) is 0 Å². The molecule has 0 bridgehead atoms. The van der Waals surface area contributed by atoms with Crippen molar-refractivity contribution in [1.82, 2.24) is 4.90 Å². The molecular formula is C21H23N3O6. The Morgan fingerprint density at radius 3 is 2.03 bits per heavy atom. The van der Waals surface area contributed by atoms with Gasteiger partial charge in [-0.3, -0.25) is 14.4 Å². The summed E-state index contributed by atoms with van der Waals surface area (Å²) in [5, 5.41) is 14.5. The molecular weight excluding hydrogens is 390 g/mol. The summed E-state index contributed by atoms with van der Waals surface area (Å²) < 4.78 is 4.98. The Hall–Kier alpha value is -3.88. The van der Waals surface area contributed by atoms with Crippen molar-refractivity contribution in [3.05, 3.63) is 54.1 Å². The fourth-order valence-electron chi connectivity index (χ4n) is 2.49. The van der Waals surface area contributed by atoms with Crippen molar-refractivity contribution in [3.8, 4) is 5.75 Å². The topological polar surface area (TPSA) is 125 Å². The molecule has 0 unspecified atom stereocenters. The minimum Gasteiger partial charge on any atom is -0.508 e. The van der Waals surface area contributed by atoms with Crippen LogP contribution in [0.2, 0.25) is 0 Å². The van der Waals surface area contributed by atoms with Crippen molar-refractivity contribution in [2.45, 2.75) is 13.8 Å². The van der Waals surface area contributed by atoms with Gasteiger partial charge in [0.25, 0.3) is 5.91 Å². The van der Waals surface area contributed by atoms with E-state index in [1.165, 1.54) is 36.1 Å². The third-order valence-electron chi connectivity index (χ3n) is 3.99. The number of carbonyl (C=O) groups is 4. The van der Waals surface area contributed by atoms with E-state index in [-0.39, 0.29) is 30.3 Å². The maximum Gasteiger partial charge on any atom is 0.338 e. The Balaban J connectivity index is 1.85. The summed E-state index contributed by atoms with van der Waals surface area (Å²) in [5.74, 6) is -1.82. The smallest absolute Gasteiger partial charge is 0.338 e. The van der Waals surface area contributed by atoms with E-state index in [4.69, 9.17) is 4.74 Å². The van der Waals surface area contributed by atoms with Gasteiger partial charge in [0, 0.05) is 24.8 Å². The molecule has 2 aromatic rings. The first kappa shape index (κ1) is 22.4. The molecule has 2 aromatic carbocycles. The molecule has 0 aliphatic rings. The van der Waals surface area contributed by atoms with Gasteiger partial charge in [-0.1, -0.05) is 0 Å². The van der Waals surface area contributed by atoms with Crippen LogP contribution < -0.4 is 10.6 Å². The number of hydrogen-bond donors (Lipinski definition) is 3. The molecule has 158 valence electrons. The van der Waals surface area contributed by atoms with Crippen LogP contribution in [0.15, 0.2) is 48.5 Å². The highest BCUT2D eigenvalue weighted by Gasteiger charge is 2.18. The fraction of sp³-hybridized carbons (Fsp3) is 0.238. The van der Waals surface area contributed by atoms with Gasteiger partial charge in [-0.2, -0.15) is 0 Å². The first-order valence-electron chi connectivity index (χ1n) is 9.20. The molecule has 9 nitrogen and oxygen atoms in total. The van der Waals surface area contributed by atoms with Gasteiger partial charge in [0.05, 0.1) is 12.1 Å². The van der Waals surface area contributed by atoms with Crippen LogP contribution in [0.5, 0.6) is 5.75 Å². The number of anilines is 2. The molecule has 0 radical (unpaired) electrons. The van der Waals surface area contributed by atoms with Crippen LogP contribution in [0.4, 0.5) is 11.4 Å². The highest BCUT2D eigenvalue weighted by atomic mass is 16.5. The maximum absolute atomic E-state index is 12.3. The van der Waals surface area contributed by atoms with Gasteiger partial charge < -0.3 is 25.4 Å². The van der Waals surface area contributed by atoms with Crippen molar-refractivity contribution in [2.24, 2.45) is 0 Å². The van der Waals surface area contributed by atoms with Crippen LogP contribution in [-0.4, -0.2) is 53.4 Å². The van der Waals surface area contributed by atoms with Crippen LogP contribution in [0, 0.1) is 0 Å². The molecule has 0 aliphatic heterocycles. The molecule has 0 aliphatic carbocycles. The number of hydrogen-bond acceptors (Lipinski definition) is 6. The van der Waals surface area contributed by atoms with E-state index in [0.717, 1.165) is 0 Å². The molecule has 3 amide bonds. The number of carbonyl (C=O) groups excluding carboxylic acids is 4. The number of phenolic OH excluding ortho intramolecular Hbond substituents is 1. The highest BCUT2D eigenvalue weighted by molar-refractivity contribution is 5.96. The first-order valence-corrected chi connectivity index (χ1v) is 9.20. The van der Waals surface area contributed by atoms with Gasteiger partial charge in [0.15, 0.2) is 6.61 Å². The number of nitrogens with one attached hydrogen (secondary N) is 2. The molecule has 2 rings (SSSR count). The van der Waals surface area contributed by atoms with Crippen LogP contribution in [0.25, 0.3) is 0 Å². The zero-order valence-electron chi connectivity index (χ0n) is 16.7. The molecule has 0 fully saturated rings. The zero-order valence-corrected chi connectivity index (χ0v) is 16.7. The van der Waals surface area contributed by atoms with Gasteiger partial charge in [0.2, 0.25) is 11.8 Å². The Morgan fingerprint density at radius 2 is 1.50 bits per heavy atom. The Bertz CT molecular complexity index is 909. The maximum atomic E-state index is 12.3. The second-order valence-corrected chi connectivity index (χ2v) is 6.34. The number of ether oxygens (including phenoxy) is 1. The lowest BCUT2D eigenvalue weighted by atomic mass is 10.2. The number of likely N-dealkylation sites (N-methyl/N-ethyl adjacent to an activating group) is 1. The van der Waals surface area contributed by atoms with E-state index < -0.39 is 24.4 Å². The van der Waals surface area contributed by atoms with Crippen molar-refractivity contribution in [2.75, 3.05) is 30.3 Å². The molecule has 9 heteroatoms. The first-order chi connectivity index (χ1) is 14.3. The Morgan fingerprint density at radius 1 is 0.933 bits per heavy atom. The molecule has 0 aromatic heterocycles. The second-order valence-electron chi connectivity index (χ2n) is 6.34. The Labute approximate surface area is 173 Å². The largest absolute Gasteiger partial charge is 0.508 e. The predicted molar refractivity (Wildman–Crippen MR) is 110 cm³/mol. The summed E-state index contributed by atoms with van der Waals surface area (Å²) >= 11 is 0. The summed E-state index contributed by atoms with van der Waals surface area (Å²) in [6.07, 6.45) is 0. The third kappa shape index (κ3) is 6.93. The van der Waals surface area contributed by atoms with Gasteiger partial charge in [0.1, 0.15) is 5.75 Å². The van der Waals surface area contributed by atoms with Crippen LogP contribution in [0.1, 0.15) is 24.2 Å². The van der Waals surface area contributed by atoms with Crippen molar-refractivity contribution >= 4 is 35.1 Å². The summed E-state index contributed by atoms with van der Waals surface area (Å²) in [6.45, 7) is 2.64. The second kappa shape index (κ2) is 10.6. The Kier molecular flexibility index (Phi) is 7.92. The van der Waals surface area contributed by atoms with E-state index in [1.54, 1.807) is 31.2 Å². The molecule has 30 heavy (non-hydrogen) atoms. The van der Waals surface area contributed by atoms with E-state index in [0.29, 0.717) is 11.4 Å². The van der Waals surface area contributed by atoms with E-state index in [9.17, 15) is 24.3 Å². The molecule has 0 heterocycles. The summed E-state index contributed by atoms with van der Waals surface area (Å²) in [7, 11) is 0. The minimum absolute atomic E-state index is 0.00977. The van der Waals surface area contributed by atoms with Crippen molar-refractivity contribution in [3.63, 3.8) is 0 Å². The number of rotatable bonds is 8. The third-order valence-corrected chi connectivity index (χ3v) is 3.99. The summed E-state index contributed by atoms with van der Waals surface area (Å²) in [6, 6.07) is 12.0. The minimum atomic E-state index is -0.705. The quantitative estimate of drug-likeness (QED) is 0.569. The lowest BCUT2D eigenvalue weighted by Crippen LogP contribution is -2.40. The number of aromatic hydroxyl groups is 1. The lowest BCUT2D eigenvalue weighted by Gasteiger charge is -2.20. The molecule has 0 saturated heterocycles. The average Bonchev–Trinajstić information content (AvgIpc) is 2.71. The predicted octanol–water partition coefficient (Wildman–Crippen LogP) is 1.99. The van der Waals surface area contributed by atoms with Crippen LogP contribution in [-0.2, 0) is 19.1 Å². The van der Waals surface area contributed by atoms with Crippen LogP contribution >= 0.6 is 0 Å². The fourth-order valence-corrected chi connectivity index (χ4v) is 2.49. The van der Waals surface area contributed by atoms with Gasteiger partial charge >= 0.3 is 5.97 Å². The molecule has 0 spiro atoms. The number of phenols is 1. The number of amides is 3. The SMILES string of the molecule is CCN(CC(=O)Nc1ccc(NC(C)=O)cc1)C(=O)COC(=O)c1ccc(O)cc1. The van der Waals surface area contributed by atoms with E-state index >= 15 is 0 Å². The normalized spacial score (nSPS) is 10.1. The lowest BCUT2D eigenvalue weighted by molar-refractivity contribution is -0.137. The molecule has 0 saturated carbocycles. The van der Waals surface area contributed by atoms with E-state index in [1.807, 2.05) is 0 Å². The van der Waals surface area contributed by atoms with Gasteiger partial charge in [-0.05, 0) is 55.5 Å². The molecule has 3 N–H and O–H groups in total. The monoisotopic (exact) mass is 413 g/mol. The number of nitrogens with zero attached hydrogens (tertiary/aromatic N) is 1. The van der Waals surface area contributed by atoms with Crippen molar-refractivity contribution in [1.29, 1.82) is 0 Å². The number of esters is 1. The van der Waals surface area contributed by atoms with Gasteiger partial charge in [-0.15, -0.1) is 0 Å². The number of benzene rings is 2. The van der Waals surface area contributed by atoms with E-state index in [2.05, 4.69) is 10.6 Å². The van der Waals surface area contributed by atoms with Crippen molar-refractivity contribution < 1.29 is 29.0 Å². The molecule has 0 atom stereocenters. The van der Waals surface area contributed by atoms with Gasteiger partial charge in [-0.25, -0.2) is 4.79 Å². The summed E-state index contributed by atoms with van der Waals surface area (Å²) in [5.41, 5.74) is 1.31. The summed E-state index contributed by atoms with van der Waals surface area (Å²) in [4.78, 5) is 48.8. The standard InChI is InChI=1S/C21H23N3O6/c1-3-24(20(28)13-30-21(29)15-4-10-18(26)11-5-15)12-19(27)23-17-8-6-16(7-9-17)22-14(2)25/h4-11,26H,3,12-13H2,1-2H3,(H,22,25)(H,23,27).